The van der Waals surface area contributed by atoms with Crippen molar-refractivity contribution in [3.8, 4) is 0 Å². The number of amides is 1. The van der Waals surface area contributed by atoms with Gasteiger partial charge in [0.15, 0.2) is 0 Å². The first kappa shape index (κ1) is 17.9. The number of hydrogen-bond donors (Lipinski definition) is 1. The molecule has 2 atom stereocenters. The van der Waals surface area contributed by atoms with Crippen molar-refractivity contribution in [1.82, 2.24) is 14.7 Å². The van der Waals surface area contributed by atoms with E-state index in [0.717, 1.165) is 52.1 Å². The largest absolute Gasteiger partial charge is 0.389 e. The number of rotatable bonds is 3. The molecule has 6 nitrogen and oxygen atoms in total. The number of carbonyl (C=O) groups is 1. The van der Waals surface area contributed by atoms with Crippen molar-refractivity contribution in [2.45, 2.75) is 31.5 Å². The van der Waals surface area contributed by atoms with Crippen LogP contribution >= 0.6 is 0 Å². The van der Waals surface area contributed by atoms with Gasteiger partial charge in [-0.2, -0.15) is 0 Å². The molecule has 0 spiro atoms. The third-order valence-corrected chi connectivity index (χ3v) is 5.94. The summed E-state index contributed by atoms with van der Waals surface area (Å²) in [5.41, 5.74) is 2.77. The number of ether oxygens (including phenoxy) is 1. The molecule has 2 saturated heterocycles. The molecule has 1 N–H and O–H groups in total. The molecule has 4 rings (SSSR count). The molecule has 3 heterocycles. The Morgan fingerprint density at radius 1 is 1.08 bits per heavy atom. The van der Waals surface area contributed by atoms with E-state index < -0.39 is 6.10 Å². The van der Waals surface area contributed by atoms with Gasteiger partial charge in [-0.1, -0.05) is 24.3 Å². The maximum Gasteiger partial charge on any atom is 0.236 e. The molecule has 0 aromatic heterocycles. The van der Waals surface area contributed by atoms with Crippen LogP contribution in [0.2, 0.25) is 0 Å². The van der Waals surface area contributed by atoms with Gasteiger partial charge in [0.1, 0.15) is 0 Å². The van der Waals surface area contributed by atoms with Crippen LogP contribution < -0.4 is 0 Å². The van der Waals surface area contributed by atoms with Crippen LogP contribution in [-0.4, -0.2) is 90.3 Å². The van der Waals surface area contributed by atoms with Crippen molar-refractivity contribution in [2.24, 2.45) is 0 Å². The van der Waals surface area contributed by atoms with Gasteiger partial charge in [-0.3, -0.25) is 14.6 Å². The maximum atomic E-state index is 12.8. The molecular formula is C20H29N3O3. The van der Waals surface area contributed by atoms with Crippen LogP contribution in [-0.2, 0) is 22.5 Å². The first-order valence-electron chi connectivity index (χ1n) is 9.77. The van der Waals surface area contributed by atoms with E-state index in [1.165, 1.54) is 11.1 Å². The van der Waals surface area contributed by atoms with E-state index in [1.807, 2.05) is 4.90 Å². The minimum absolute atomic E-state index is 0.0867. The van der Waals surface area contributed by atoms with Crippen molar-refractivity contribution in [2.75, 3.05) is 52.5 Å². The highest BCUT2D eigenvalue weighted by molar-refractivity contribution is 5.78. The van der Waals surface area contributed by atoms with E-state index in [4.69, 9.17) is 4.74 Å². The molecule has 1 amide bonds. The van der Waals surface area contributed by atoms with Gasteiger partial charge in [0.25, 0.3) is 0 Å². The smallest absolute Gasteiger partial charge is 0.236 e. The fourth-order valence-corrected chi connectivity index (χ4v) is 4.38. The van der Waals surface area contributed by atoms with Crippen molar-refractivity contribution in [3.63, 3.8) is 0 Å². The second-order valence-corrected chi connectivity index (χ2v) is 7.67. The minimum atomic E-state index is -0.398. The number of benzene rings is 1. The lowest BCUT2D eigenvalue weighted by atomic mass is 10.00. The van der Waals surface area contributed by atoms with Gasteiger partial charge >= 0.3 is 0 Å². The SMILES string of the molecule is O=C(CN1CCc2ccccc2C1)N1CCCN([C@@H]2COC[C@H]2O)CC1. The van der Waals surface area contributed by atoms with Gasteiger partial charge < -0.3 is 14.7 Å². The summed E-state index contributed by atoms with van der Waals surface area (Å²) in [6, 6.07) is 8.62. The lowest BCUT2D eigenvalue weighted by molar-refractivity contribution is -0.132. The van der Waals surface area contributed by atoms with E-state index in [-0.39, 0.29) is 11.9 Å². The summed E-state index contributed by atoms with van der Waals surface area (Å²) in [6.07, 6.45) is 1.58. The molecule has 3 aliphatic heterocycles. The third-order valence-electron chi connectivity index (χ3n) is 5.94. The summed E-state index contributed by atoms with van der Waals surface area (Å²) in [5, 5.41) is 10.1. The zero-order chi connectivity index (χ0) is 17.9. The number of nitrogens with zero attached hydrogens (tertiary/aromatic N) is 3. The number of aliphatic hydroxyl groups excluding tert-OH is 1. The fraction of sp³-hybridized carbons (Fsp3) is 0.650. The highest BCUT2D eigenvalue weighted by Crippen LogP contribution is 2.19. The molecule has 6 heteroatoms. The molecule has 2 fully saturated rings. The lowest BCUT2D eigenvalue weighted by Gasteiger charge is -2.31. The first-order chi connectivity index (χ1) is 12.7. The number of fused-ring (bicyclic) bond motifs is 1. The van der Waals surface area contributed by atoms with Gasteiger partial charge in [0.05, 0.1) is 31.9 Å². The van der Waals surface area contributed by atoms with Gasteiger partial charge in [0.2, 0.25) is 5.91 Å². The highest BCUT2D eigenvalue weighted by atomic mass is 16.5. The number of hydrogen-bond acceptors (Lipinski definition) is 5. The monoisotopic (exact) mass is 359 g/mol. The van der Waals surface area contributed by atoms with Crippen LogP contribution in [0.4, 0.5) is 0 Å². The summed E-state index contributed by atoms with van der Waals surface area (Å²) < 4.78 is 5.39. The Morgan fingerprint density at radius 2 is 1.92 bits per heavy atom. The van der Waals surface area contributed by atoms with Crippen LogP contribution in [0.3, 0.4) is 0 Å². The van der Waals surface area contributed by atoms with E-state index in [0.29, 0.717) is 19.8 Å². The van der Waals surface area contributed by atoms with E-state index >= 15 is 0 Å². The Balaban J connectivity index is 1.30. The van der Waals surface area contributed by atoms with Crippen LogP contribution in [0.15, 0.2) is 24.3 Å². The second-order valence-electron chi connectivity index (χ2n) is 7.67. The normalized spacial score (nSPS) is 28.0. The second kappa shape index (κ2) is 8.05. The molecule has 0 bridgehead atoms. The summed E-state index contributed by atoms with van der Waals surface area (Å²) in [6.45, 7) is 6.65. The van der Waals surface area contributed by atoms with Gasteiger partial charge in [-0.15, -0.1) is 0 Å². The van der Waals surface area contributed by atoms with E-state index in [1.54, 1.807) is 0 Å². The van der Waals surface area contributed by atoms with Gasteiger partial charge in [-0.25, -0.2) is 0 Å². The Morgan fingerprint density at radius 3 is 2.73 bits per heavy atom. The molecule has 3 aliphatic rings. The number of aliphatic hydroxyl groups is 1. The Hall–Kier alpha value is -1.47. The fourth-order valence-electron chi connectivity index (χ4n) is 4.38. The zero-order valence-corrected chi connectivity index (χ0v) is 15.3. The molecule has 142 valence electrons. The zero-order valence-electron chi connectivity index (χ0n) is 15.3. The van der Waals surface area contributed by atoms with Crippen LogP contribution in [0.1, 0.15) is 17.5 Å². The van der Waals surface area contributed by atoms with Gasteiger partial charge in [-0.05, 0) is 24.0 Å². The Bertz CT molecular complexity index is 638. The quantitative estimate of drug-likeness (QED) is 0.843. The predicted octanol–water partition coefficient (Wildman–Crippen LogP) is 0.339. The molecule has 26 heavy (non-hydrogen) atoms. The molecule has 0 aliphatic carbocycles. The molecule has 1 aromatic carbocycles. The van der Waals surface area contributed by atoms with Crippen molar-refractivity contribution in [1.29, 1.82) is 0 Å². The van der Waals surface area contributed by atoms with E-state index in [2.05, 4.69) is 34.1 Å². The summed E-state index contributed by atoms with van der Waals surface area (Å²) >= 11 is 0. The van der Waals surface area contributed by atoms with Crippen molar-refractivity contribution in [3.05, 3.63) is 35.4 Å². The Labute approximate surface area is 155 Å². The Kier molecular flexibility index (Phi) is 5.55. The first-order valence-corrected chi connectivity index (χ1v) is 9.77. The van der Waals surface area contributed by atoms with Crippen molar-refractivity contribution >= 4 is 5.91 Å². The van der Waals surface area contributed by atoms with Crippen LogP contribution in [0.25, 0.3) is 0 Å². The third kappa shape index (κ3) is 3.93. The highest BCUT2D eigenvalue weighted by Gasteiger charge is 2.33. The molecular weight excluding hydrogens is 330 g/mol. The van der Waals surface area contributed by atoms with Crippen LogP contribution in [0, 0.1) is 0 Å². The molecule has 0 saturated carbocycles. The number of carbonyl (C=O) groups excluding carboxylic acids is 1. The van der Waals surface area contributed by atoms with Crippen LogP contribution in [0.5, 0.6) is 0 Å². The maximum absolute atomic E-state index is 12.8. The summed E-state index contributed by atoms with van der Waals surface area (Å²) in [7, 11) is 0. The standard InChI is InChI=1S/C20H29N3O3/c24-19-15-26-14-18(19)22-7-3-8-23(11-10-22)20(25)13-21-9-6-16-4-1-2-5-17(16)12-21/h1-2,4-5,18-19,24H,3,6-15H2/t18-,19-/m1/s1. The molecule has 0 radical (unpaired) electrons. The minimum Gasteiger partial charge on any atom is -0.389 e. The molecule has 0 unspecified atom stereocenters. The summed E-state index contributed by atoms with van der Waals surface area (Å²) in [5.74, 6) is 0.231. The summed E-state index contributed by atoms with van der Waals surface area (Å²) in [4.78, 5) is 19.4. The lowest BCUT2D eigenvalue weighted by Crippen LogP contribution is -2.46. The van der Waals surface area contributed by atoms with Gasteiger partial charge in [0, 0.05) is 39.3 Å². The average molecular weight is 359 g/mol. The molecule has 1 aromatic rings. The predicted molar refractivity (Wildman–Crippen MR) is 98.8 cm³/mol. The average Bonchev–Trinajstić information content (AvgIpc) is 2.93. The van der Waals surface area contributed by atoms with E-state index in [9.17, 15) is 9.90 Å². The van der Waals surface area contributed by atoms with Crippen molar-refractivity contribution < 1.29 is 14.6 Å². The topological polar surface area (TPSA) is 56.3 Å².